The largest absolute Gasteiger partial charge is 0.390 e. The van der Waals surface area contributed by atoms with Gasteiger partial charge in [0.1, 0.15) is 5.56 Å². The van der Waals surface area contributed by atoms with Gasteiger partial charge in [-0.2, -0.15) is 0 Å². The molecule has 2 aliphatic heterocycles. The van der Waals surface area contributed by atoms with E-state index in [9.17, 15) is 14.7 Å². The molecule has 1 amide bonds. The first-order valence-corrected chi connectivity index (χ1v) is 9.94. The first-order valence-electron chi connectivity index (χ1n) is 9.94. The molecule has 3 heterocycles. The van der Waals surface area contributed by atoms with Gasteiger partial charge < -0.3 is 14.6 Å². The molecule has 0 bridgehead atoms. The van der Waals surface area contributed by atoms with Crippen LogP contribution in [0.4, 0.5) is 0 Å². The van der Waals surface area contributed by atoms with Gasteiger partial charge in [-0.05, 0) is 43.7 Å². The Hall–Kier alpha value is -2.14. The van der Waals surface area contributed by atoms with Crippen LogP contribution in [0, 0.1) is 11.8 Å². The summed E-state index contributed by atoms with van der Waals surface area (Å²) in [5.74, 6) is 0.273. The van der Waals surface area contributed by atoms with Crippen molar-refractivity contribution >= 4 is 16.8 Å². The van der Waals surface area contributed by atoms with Crippen LogP contribution in [0.2, 0.25) is 0 Å². The summed E-state index contributed by atoms with van der Waals surface area (Å²) in [5.41, 5.74) is 1.47. The van der Waals surface area contributed by atoms with Crippen molar-refractivity contribution < 1.29 is 9.90 Å². The van der Waals surface area contributed by atoms with Gasteiger partial charge in [-0.25, -0.2) is 0 Å². The number of carbonyl (C=O) groups excluding carboxylic acids is 1. The van der Waals surface area contributed by atoms with Gasteiger partial charge >= 0.3 is 0 Å². The molecular weight excluding hydrogens is 340 g/mol. The predicted octanol–water partition coefficient (Wildman–Crippen LogP) is 2.82. The zero-order valence-electron chi connectivity index (χ0n) is 16.4. The lowest BCUT2D eigenvalue weighted by Gasteiger charge is -2.43. The number of aromatic nitrogens is 1. The highest BCUT2D eigenvalue weighted by molar-refractivity contribution is 5.98. The summed E-state index contributed by atoms with van der Waals surface area (Å²) in [4.78, 5) is 28.0. The number of rotatable bonds is 3. The molecule has 1 aromatic heterocycles. The van der Waals surface area contributed by atoms with Crippen LogP contribution in [0.15, 0.2) is 29.2 Å². The zero-order valence-corrected chi connectivity index (χ0v) is 16.4. The van der Waals surface area contributed by atoms with Crippen LogP contribution in [0.5, 0.6) is 0 Å². The molecule has 0 radical (unpaired) electrons. The summed E-state index contributed by atoms with van der Waals surface area (Å²) in [6.07, 6.45) is 4.05. The number of benzene rings is 1. The smallest absolute Gasteiger partial charge is 0.259 e. The van der Waals surface area contributed by atoms with Crippen molar-refractivity contribution in [1.82, 2.24) is 9.47 Å². The second-order valence-electron chi connectivity index (χ2n) is 8.81. The third-order valence-corrected chi connectivity index (χ3v) is 6.28. The molecular formula is C22H28N2O3. The minimum atomic E-state index is -0.761. The first-order chi connectivity index (χ1) is 12.8. The SMILES string of the molecule is CC(C)C[C@@H]1CN(C(=O)c2cn3c4c(cccc4c2=O)CC3)CC[C@]1(C)O. The van der Waals surface area contributed by atoms with Crippen molar-refractivity contribution in [3.8, 4) is 0 Å². The number of aryl methyl sites for hydroxylation is 2. The molecule has 0 unspecified atom stereocenters. The van der Waals surface area contributed by atoms with E-state index in [1.54, 1.807) is 11.1 Å². The number of hydrogen-bond donors (Lipinski definition) is 1. The quantitative estimate of drug-likeness (QED) is 0.906. The van der Waals surface area contributed by atoms with E-state index in [-0.39, 0.29) is 22.8 Å². The molecule has 0 saturated carbocycles. The predicted molar refractivity (Wildman–Crippen MR) is 106 cm³/mol. The number of piperidine rings is 1. The number of amides is 1. The number of nitrogens with zero attached hydrogens (tertiary/aromatic N) is 2. The highest BCUT2D eigenvalue weighted by Gasteiger charge is 2.39. The fourth-order valence-corrected chi connectivity index (χ4v) is 4.68. The van der Waals surface area contributed by atoms with Gasteiger partial charge in [0.25, 0.3) is 5.91 Å². The van der Waals surface area contributed by atoms with Crippen molar-refractivity contribution in [2.45, 2.75) is 52.2 Å². The Morgan fingerprint density at radius 1 is 1.33 bits per heavy atom. The molecule has 5 nitrogen and oxygen atoms in total. The van der Waals surface area contributed by atoms with Crippen LogP contribution in [-0.4, -0.2) is 39.2 Å². The molecule has 1 aromatic carbocycles. The molecule has 2 atom stereocenters. The monoisotopic (exact) mass is 368 g/mol. The van der Waals surface area contributed by atoms with Crippen LogP contribution in [0.1, 0.15) is 49.5 Å². The number of likely N-dealkylation sites (tertiary alicyclic amines) is 1. The zero-order chi connectivity index (χ0) is 19.3. The van der Waals surface area contributed by atoms with Gasteiger partial charge in [-0.3, -0.25) is 9.59 Å². The molecule has 2 aliphatic rings. The highest BCUT2D eigenvalue weighted by Crippen LogP contribution is 2.33. The fraction of sp³-hybridized carbons (Fsp3) is 0.545. The standard InChI is InChI=1S/C22H28N2O3/c1-14(2)11-16-12-24(10-8-22(16,3)27)21(26)18-13-23-9-7-15-5-4-6-17(19(15)23)20(18)25/h4-6,13-14,16,27H,7-12H2,1-3H3/t16-,22+/m1/s1. The van der Waals surface area contributed by atoms with Crippen molar-refractivity contribution in [2.75, 3.05) is 13.1 Å². The van der Waals surface area contributed by atoms with Gasteiger partial charge in [0.2, 0.25) is 5.43 Å². The minimum absolute atomic E-state index is 0.0279. The summed E-state index contributed by atoms with van der Waals surface area (Å²) in [6, 6.07) is 5.78. The normalized spacial score (nSPS) is 24.8. The van der Waals surface area contributed by atoms with E-state index in [0.29, 0.717) is 30.8 Å². The second kappa shape index (κ2) is 6.48. The van der Waals surface area contributed by atoms with Crippen molar-refractivity contribution in [3.63, 3.8) is 0 Å². The summed E-state index contributed by atoms with van der Waals surface area (Å²) < 4.78 is 2.05. The average molecular weight is 368 g/mol. The summed E-state index contributed by atoms with van der Waals surface area (Å²) >= 11 is 0. The maximum Gasteiger partial charge on any atom is 0.259 e. The highest BCUT2D eigenvalue weighted by atomic mass is 16.3. The molecule has 27 heavy (non-hydrogen) atoms. The van der Waals surface area contributed by atoms with E-state index in [4.69, 9.17) is 0 Å². The van der Waals surface area contributed by atoms with Gasteiger partial charge in [0.05, 0.1) is 11.1 Å². The van der Waals surface area contributed by atoms with E-state index in [1.807, 2.05) is 23.6 Å². The van der Waals surface area contributed by atoms with Crippen LogP contribution < -0.4 is 5.43 Å². The van der Waals surface area contributed by atoms with E-state index in [2.05, 4.69) is 19.9 Å². The Labute approximate surface area is 159 Å². The van der Waals surface area contributed by atoms with Crippen LogP contribution >= 0.6 is 0 Å². The Balaban J connectivity index is 1.68. The van der Waals surface area contributed by atoms with Crippen LogP contribution in [0.3, 0.4) is 0 Å². The van der Waals surface area contributed by atoms with Gasteiger partial charge in [-0.15, -0.1) is 0 Å². The van der Waals surface area contributed by atoms with Gasteiger partial charge in [0.15, 0.2) is 0 Å². The third-order valence-electron chi connectivity index (χ3n) is 6.28. The minimum Gasteiger partial charge on any atom is -0.390 e. The van der Waals surface area contributed by atoms with E-state index >= 15 is 0 Å². The molecule has 1 saturated heterocycles. The Bertz CT molecular complexity index is 958. The number of pyridine rings is 1. The van der Waals surface area contributed by atoms with Crippen LogP contribution in [0.25, 0.3) is 10.9 Å². The Morgan fingerprint density at radius 3 is 2.85 bits per heavy atom. The fourth-order valence-electron chi connectivity index (χ4n) is 4.68. The van der Waals surface area contributed by atoms with Crippen molar-refractivity contribution in [1.29, 1.82) is 0 Å². The topological polar surface area (TPSA) is 62.5 Å². The third kappa shape index (κ3) is 3.08. The second-order valence-corrected chi connectivity index (χ2v) is 8.81. The molecule has 0 spiro atoms. The molecule has 0 aliphatic carbocycles. The molecule has 144 valence electrons. The van der Waals surface area contributed by atoms with Crippen molar-refractivity contribution in [2.24, 2.45) is 11.8 Å². The maximum absolute atomic E-state index is 13.2. The van der Waals surface area contributed by atoms with Crippen LogP contribution in [-0.2, 0) is 13.0 Å². The summed E-state index contributed by atoms with van der Waals surface area (Å²) in [7, 11) is 0. The van der Waals surface area contributed by atoms with E-state index in [1.165, 1.54) is 5.56 Å². The number of aliphatic hydroxyl groups is 1. The number of para-hydroxylation sites is 1. The lowest BCUT2D eigenvalue weighted by Crippen LogP contribution is -2.52. The Morgan fingerprint density at radius 2 is 2.11 bits per heavy atom. The first kappa shape index (κ1) is 18.2. The van der Waals surface area contributed by atoms with Crippen molar-refractivity contribution in [3.05, 3.63) is 45.7 Å². The number of carbonyl (C=O) groups is 1. The Kier molecular flexibility index (Phi) is 4.38. The summed E-state index contributed by atoms with van der Waals surface area (Å²) in [5, 5.41) is 11.4. The average Bonchev–Trinajstić information content (AvgIpc) is 3.03. The molecule has 2 aromatic rings. The molecule has 1 fully saturated rings. The van der Waals surface area contributed by atoms with E-state index in [0.717, 1.165) is 24.9 Å². The number of hydrogen-bond acceptors (Lipinski definition) is 3. The lowest BCUT2D eigenvalue weighted by molar-refractivity contribution is -0.0577. The molecule has 4 rings (SSSR count). The summed E-state index contributed by atoms with van der Waals surface area (Å²) in [6.45, 7) is 7.92. The van der Waals surface area contributed by atoms with Gasteiger partial charge in [0, 0.05) is 37.1 Å². The van der Waals surface area contributed by atoms with E-state index < -0.39 is 5.60 Å². The molecule has 5 heteroatoms. The molecule has 1 N–H and O–H groups in total. The van der Waals surface area contributed by atoms with Gasteiger partial charge in [-0.1, -0.05) is 26.0 Å². The lowest BCUT2D eigenvalue weighted by atomic mass is 9.78. The maximum atomic E-state index is 13.2.